The van der Waals surface area contributed by atoms with E-state index in [-0.39, 0.29) is 6.42 Å². The summed E-state index contributed by atoms with van der Waals surface area (Å²) in [6.07, 6.45) is 3.85. The second kappa shape index (κ2) is 5.46. The van der Waals surface area contributed by atoms with Crippen LogP contribution in [0.5, 0.6) is 0 Å². The number of hydrogen-bond acceptors (Lipinski definition) is 5. The molecule has 1 saturated heterocycles. The zero-order valence-electron chi connectivity index (χ0n) is 11.0. The van der Waals surface area contributed by atoms with E-state index in [0.717, 1.165) is 32.6 Å². The lowest BCUT2D eigenvalue weighted by molar-refractivity contribution is -0.137. The minimum absolute atomic E-state index is 0.242. The Bertz CT molecular complexity index is 445. The third-order valence-corrected chi connectivity index (χ3v) is 5.09. The number of piperazine rings is 1. The quantitative estimate of drug-likeness (QED) is 0.899. The molecule has 19 heavy (non-hydrogen) atoms. The summed E-state index contributed by atoms with van der Waals surface area (Å²) in [7, 11) is 0. The highest BCUT2D eigenvalue weighted by molar-refractivity contribution is 7.15. The third kappa shape index (κ3) is 2.90. The molecule has 2 aliphatic rings. The number of rotatable bonds is 4. The van der Waals surface area contributed by atoms with Crippen LogP contribution >= 0.6 is 11.3 Å². The molecule has 0 radical (unpaired) electrons. The van der Waals surface area contributed by atoms with E-state index in [1.165, 1.54) is 28.5 Å². The van der Waals surface area contributed by atoms with E-state index >= 15 is 0 Å². The van der Waals surface area contributed by atoms with Crippen LogP contribution in [-0.2, 0) is 17.6 Å². The van der Waals surface area contributed by atoms with Crippen LogP contribution in [0.3, 0.4) is 0 Å². The molecular formula is C13H19N3O2S. The van der Waals surface area contributed by atoms with Crippen molar-refractivity contribution in [2.45, 2.75) is 25.7 Å². The van der Waals surface area contributed by atoms with Crippen molar-refractivity contribution >= 4 is 22.4 Å². The molecule has 1 fully saturated rings. The maximum Gasteiger partial charge on any atom is 0.304 e. The number of carboxylic acids is 1. The lowest BCUT2D eigenvalue weighted by atomic mass is 10.3. The van der Waals surface area contributed by atoms with E-state index in [2.05, 4.69) is 9.80 Å². The summed E-state index contributed by atoms with van der Waals surface area (Å²) in [5, 5.41) is 9.86. The normalized spacial score (nSPS) is 19.7. The summed E-state index contributed by atoms with van der Waals surface area (Å²) in [6, 6.07) is 0. The van der Waals surface area contributed by atoms with Gasteiger partial charge in [0.15, 0.2) is 5.13 Å². The molecule has 5 nitrogen and oxygen atoms in total. The summed E-state index contributed by atoms with van der Waals surface area (Å²) in [5.41, 5.74) is 1.31. The Hall–Kier alpha value is -1.14. The Labute approximate surface area is 116 Å². The summed E-state index contributed by atoms with van der Waals surface area (Å²) in [4.78, 5) is 21.4. The van der Waals surface area contributed by atoms with Gasteiger partial charge in [0.1, 0.15) is 0 Å². The standard InChI is InChI=1S/C13H19N3O2S/c17-12(18)4-5-15-6-8-16(9-7-15)13-14-10-2-1-3-11(10)19-13/h1-9H2,(H,17,18). The average Bonchev–Trinajstić information content (AvgIpc) is 2.97. The SMILES string of the molecule is O=C(O)CCN1CCN(c2nc3c(s2)CCC3)CC1. The number of aryl methyl sites for hydroxylation is 2. The molecule has 1 aromatic heterocycles. The van der Waals surface area contributed by atoms with Crippen LogP contribution in [-0.4, -0.2) is 53.7 Å². The molecule has 0 saturated carbocycles. The topological polar surface area (TPSA) is 56.7 Å². The summed E-state index contributed by atoms with van der Waals surface area (Å²) in [5.74, 6) is -0.709. The van der Waals surface area contributed by atoms with E-state index < -0.39 is 5.97 Å². The van der Waals surface area contributed by atoms with Gasteiger partial charge in [-0.25, -0.2) is 4.98 Å². The van der Waals surface area contributed by atoms with E-state index in [9.17, 15) is 4.79 Å². The number of carboxylic acid groups (broad SMARTS) is 1. The Balaban J connectivity index is 1.53. The van der Waals surface area contributed by atoms with Gasteiger partial charge in [0, 0.05) is 37.6 Å². The Morgan fingerprint density at radius 1 is 1.26 bits per heavy atom. The third-order valence-electron chi connectivity index (χ3n) is 3.87. The first-order valence-electron chi connectivity index (χ1n) is 6.90. The molecule has 0 spiro atoms. The molecule has 1 aliphatic carbocycles. The minimum atomic E-state index is -0.709. The smallest absolute Gasteiger partial charge is 0.304 e. The Morgan fingerprint density at radius 3 is 2.74 bits per heavy atom. The van der Waals surface area contributed by atoms with Gasteiger partial charge in [-0.15, -0.1) is 11.3 Å². The second-order valence-corrected chi connectivity index (χ2v) is 6.25. The molecule has 6 heteroatoms. The minimum Gasteiger partial charge on any atom is -0.481 e. The van der Waals surface area contributed by atoms with Crippen molar-refractivity contribution in [2.75, 3.05) is 37.6 Å². The van der Waals surface area contributed by atoms with Crippen molar-refractivity contribution in [1.82, 2.24) is 9.88 Å². The highest BCUT2D eigenvalue weighted by Gasteiger charge is 2.23. The molecule has 1 aromatic rings. The van der Waals surface area contributed by atoms with E-state index in [0.29, 0.717) is 6.54 Å². The fraction of sp³-hybridized carbons (Fsp3) is 0.692. The maximum absolute atomic E-state index is 10.6. The number of hydrogen-bond donors (Lipinski definition) is 1. The van der Waals surface area contributed by atoms with Gasteiger partial charge in [0.25, 0.3) is 0 Å². The van der Waals surface area contributed by atoms with Gasteiger partial charge in [0.2, 0.25) is 0 Å². The summed E-state index contributed by atoms with van der Waals surface area (Å²) < 4.78 is 0. The lowest BCUT2D eigenvalue weighted by Crippen LogP contribution is -2.46. The van der Waals surface area contributed by atoms with Crippen molar-refractivity contribution in [1.29, 1.82) is 0 Å². The number of aromatic nitrogens is 1. The second-order valence-electron chi connectivity index (χ2n) is 5.19. The van der Waals surface area contributed by atoms with Crippen LogP contribution in [0.4, 0.5) is 5.13 Å². The van der Waals surface area contributed by atoms with Crippen LogP contribution in [0.2, 0.25) is 0 Å². The molecular weight excluding hydrogens is 262 g/mol. The highest BCUT2D eigenvalue weighted by Crippen LogP contribution is 2.32. The monoisotopic (exact) mass is 281 g/mol. The lowest BCUT2D eigenvalue weighted by Gasteiger charge is -2.34. The van der Waals surface area contributed by atoms with Crippen molar-refractivity contribution < 1.29 is 9.90 Å². The largest absolute Gasteiger partial charge is 0.481 e. The first-order chi connectivity index (χ1) is 9.22. The molecule has 2 heterocycles. The molecule has 104 valence electrons. The van der Waals surface area contributed by atoms with Crippen LogP contribution in [0, 0.1) is 0 Å². The molecule has 0 unspecified atom stereocenters. The van der Waals surface area contributed by atoms with Gasteiger partial charge in [0.05, 0.1) is 12.1 Å². The summed E-state index contributed by atoms with van der Waals surface area (Å²) in [6.45, 7) is 4.48. The van der Waals surface area contributed by atoms with Crippen molar-refractivity contribution in [3.8, 4) is 0 Å². The fourth-order valence-corrected chi connectivity index (χ4v) is 3.93. The molecule has 0 aromatic carbocycles. The molecule has 0 atom stereocenters. The first kappa shape index (κ1) is 12.9. The number of anilines is 1. The molecule has 1 aliphatic heterocycles. The number of nitrogens with zero attached hydrogens (tertiary/aromatic N) is 3. The molecule has 0 bridgehead atoms. The number of fused-ring (bicyclic) bond motifs is 1. The van der Waals surface area contributed by atoms with Gasteiger partial charge >= 0.3 is 5.97 Å². The van der Waals surface area contributed by atoms with Crippen molar-refractivity contribution in [3.63, 3.8) is 0 Å². The zero-order chi connectivity index (χ0) is 13.2. The Morgan fingerprint density at radius 2 is 2.05 bits per heavy atom. The van der Waals surface area contributed by atoms with Crippen molar-refractivity contribution in [3.05, 3.63) is 10.6 Å². The average molecular weight is 281 g/mol. The van der Waals surface area contributed by atoms with Crippen LogP contribution in [0.25, 0.3) is 0 Å². The summed E-state index contributed by atoms with van der Waals surface area (Å²) >= 11 is 1.85. The van der Waals surface area contributed by atoms with Crippen LogP contribution in [0.15, 0.2) is 0 Å². The zero-order valence-corrected chi connectivity index (χ0v) is 11.8. The highest BCUT2D eigenvalue weighted by atomic mass is 32.1. The molecule has 0 amide bonds. The van der Waals surface area contributed by atoms with Crippen molar-refractivity contribution in [2.24, 2.45) is 0 Å². The number of carbonyl (C=O) groups is 1. The molecule has 1 N–H and O–H groups in total. The predicted molar refractivity (Wildman–Crippen MR) is 75.0 cm³/mol. The number of thiazole rings is 1. The van der Waals surface area contributed by atoms with E-state index in [1.807, 2.05) is 11.3 Å². The predicted octanol–water partition coefficient (Wildman–Crippen LogP) is 1.23. The van der Waals surface area contributed by atoms with Crippen LogP contribution in [0.1, 0.15) is 23.4 Å². The fourth-order valence-electron chi connectivity index (χ4n) is 2.73. The van der Waals surface area contributed by atoms with Gasteiger partial charge in [-0.1, -0.05) is 0 Å². The van der Waals surface area contributed by atoms with Crippen LogP contribution < -0.4 is 4.90 Å². The van der Waals surface area contributed by atoms with E-state index in [1.54, 1.807) is 0 Å². The van der Waals surface area contributed by atoms with Gasteiger partial charge < -0.3 is 10.0 Å². The first-order valence-corrected chi connectivity index (χ1v) is 7.72. The van der Waals surface area contributed by atoms with Gasteiger partial charge in [-0.3, -0.25) is 9.69 Å². The Kier molecular flexibility index (Phi) is 3.70. The molecule has 3 rings (SSSR count). The van der Waals surface area contributed by atoms with E-state index in [4.69, 9.17) is 10.1 Å². The number of aliphatic carboxylic acids is 1. The van der Waals surface area contributed by atoms with Gasteiger partial charge in [-0.05, 0) is 19.3 Å². The maximum atomic E-state index is 10.6. The van der Waals surface area contributed by atoms with Gasteiger partial charge in [-0.2, -0.15) is 0 Å².